The number of carbonyl (C=O) groups excluding carboxylic acids is 4. The lowest BCUT2D eigenvalue weighted by Gasteiger charge is -2.45. The van der Waals surface area contributed by atoms with Crippen LogP contribution < -0.4 is 9.47 Å². The summed E-state index contributed by atoms with van der Waals surface area (Å²) in [6, 6.07) is 5.58. The number of aliphatic carboxylic acids is 1. The van der Waals surface area contributed by atoms with Crippen LogP contribution in [0.5, 0.6) is 11.6 Å². The van der Waals surface area contributed by atoms with Gasteiger partial charge >= 0.3 is 29.8 Å². The molecule has 1 aliphatic heterocycles. The van der Waals surface area contributed by atoms with Gasteiger partial charge in [0.05, 0.1) is 28.3 Å². The number of aromatic nitrogens is 2. The van der Waals surface area contributed by atoms with Crippen LogP contribution in [0.15, 0.2) is 18.2 Å². The fourth-order valence-electron chi connectivity index (χ4n) is 5.56. The number of carboxylic acid groups (broad SMARTS) is 1. The molecule has 0 aliphatic carbocycles. The van der Waals surface area contributed by atoms with Crippen LogP contribution >= 0.6 is 0 Å². The molecule has 1 saturated heterocycles. The van der Waals surface area contributed by atoms with Gasteiger partial charge < -0.3 is 38.3 Å². The molecule has 1 fully saturated rings. The Labute approximate surface area is 348 Å². The molecule has 1 aromatic carbocycles. The number of hydrogen-bond acceptors (Lipinski definition) is 13. The number of hydrogen-bond donors (Lipinski definition) is 2. The fourth-order valence-corrected chi connectivity index (χ4v) is 5.56. The van der Waals surface area contributed by atoms with Crippen molar-refractivity contribution in [3.63, 3.8) is 0 Å². The van der Waals surface area contributed by atoms with Crippen LogP contribution in [0.4, 0.5) is 0 Å². The number of rotatable bonds is 15. The molecule has 2 aromatic rings. The molecule has 0 radical (unpaired) electrons. The number of H-pyrrole nitrogens is 1. The van der Waals surface area contributed by atoms with Crippen LogP contribution in [0.25, 0.3) is 0 Å². The maximum Gasteiger partial charge on any atom is 0.311 e. The van der Waals surface area contributed by atoms with Crippen molar-refractivity contribution < 1.29 is 62.2 Å². The van der Waals surface area contributed by atoms with Gasteiger partial charge in [0.15, 0.2) is 12.2 Å². The number of benzene rings is 1. The van der Waals surface area contributed by atoms with Gasteiger partial charge in [-0.05, 0) is 126 Å². The molecule has 59 heavy (non-hydrogen) atoms. The molecule has 0 saturated carbocycles. The summed E-state index contributed by atoms with van der Waals surface area (Å²) < 4.78 is 43.0. The number of carbonyl (C=O) groups is 5. The fraction of sp³-hybridized carbons (Fsp3) is 0.682. The third kappa shape index (κ3) is 13.7. The zero-order valence-corrected chi connectivity index (χ0v) is 37.5. The maximum absolute atomic E-state index is 13.7. The van der Waals surface area contributed by atoms with Gasteiger partial charge in [-0.15, -0.1) is 5.10 Å². The first kappa shape index (κ1) is 48.7. The molecule has 0 unspecified atom stereocenters. The van der Waals surface area contributed by atoms with Crippen molar-refractivity contribution in [2.24, 2.45) is 21.7 Å². The quantitative estimate of drug-likeness (QED) is 0.103. The molecule has 15 nitrogen and oxygen atoms in total. The van der Waals surface area contributed by atoms with E-state index in [1.807, 2.05) is 39.0 Å². The summed E-state index contributed by atoms with van der Waals surface area (Å²) in [6.45, 7) is 25.7. The molecule has 330 valence electrons. The van der Waals surface area contributed by atoms with Crippen LogP contribution in [0.1, 0.15) is 138 Å². The highest BCUT2D eigenvalue weighted by Crippen LogP contribution is 2.37. The second kappa shape index (κ2) is 19.2. The summed E-state index contributed by atoms with van der Waals surface area (Å²) in [7, 11) is 0. The highest BCUT2D eigenvalue weighted by molar-refractivity contribution is 5.78. The van der Waals surface area contributed by atoms with Crippen LogP contribution in [-0.2, 0) is 54.1 Å². The van der Waals surface area contributed by atoms with Gasteiger partial charge in [0, 0.05) is 24.1 Å². The average molecular weight is 831 g/mol. The van der Waals surface area contributed by atoms with Crippen molar-refractivity contribution in [1.82, 2.24) is 10.2 Å². The minimum atomic E-state index is -1.52. The summed E-state index contributed by atoms with van der Waals surface area (Å²) in [5.41, 5.74) is -0.758. The smallest absolute Gasteiger partial charge is 0.311 e. The van der Waals surface area contributed by atoms with Gasteiger partial charge in [0.1, 0.15) is 18.5 Å². The van der Waals surface area contributed by atoms with Crippen LogP contribution in [0.3, 0.4) is 0 Å². The molecule has 0 bridgehead atoms. The van der Waals surface area contributed by atoms with Crippen molar-refractivity contribution in [3.8, 4) is 11.6 Å². The van der Waals surface area contributed by atoms with E-state index >= 15 is 0 Å². The summed E-state index contributed by atoms with van der Waals surface area (Å²) in [4.78, 5) is 65.0. The Morgan fingerprint density at radius 2 is 1.31 bits per heavy atom. The predicted octanol–water partition coefficient (Wildman–Crippen LogP) is 7.24. The molecule has 2 N–H and O–H groups in total. The van der Waals surface area contributed by atoms with Crippen molar-refractivity contribution in [3.05, 3.63) is 40.6 Å². The SMILES string of the molecule is Cc1cc(OCCCC(=O)O)ccc1Cc1c(O[C@@H]2O[C@H](COC(=O)C(C)(C)C)[C@@H](OC(=O)C(C)(C)C)[C@H](OC(=O)C(C)(C)C)[C@H]2OC(=O)C(C)(C)C)n[nH]c1C(C)C. The van der Waals surface area contributed by atoms with E-state index in [0.29, 0.717) is 24.2 Å². The topological polar surface area (TPSA) is 199 Å². The molecule has 1 aromatic heterocycles. The molecule has 2 heterocycles. The van der Waals surface area contributed by atoms with Gasteiger partial charge in [0.2, 0.25) is 18.3 Å². The third-order valence-electron chi connectivity index (χ3n) is 9.30. The van der Waals surface area contributed by atoms with Gasteiger partial charge in [0.25, 0.3) is 0 Å². The van der Waals surface area contributed by atoms with E-state index in [2.05, 4.69) is 10.2 Å². The number of esters is 4. The second-order valence-corrected chi connectivity index (χ2v) is 19.6. The summed E-state index contributed by atoms with van der Waals surface area (Å²) in [6.07, 6.45) is -6.50. The standard InChI is InChI=1S/C44H66N2O13/c1-24(2)31-28(22-26-18-19-27(21-25(26)3)53-20-16-17-30(47)48)35(46-45-31)59-36-34(58-40(52)44(13,14)15)33(57-39(51)43(10,11)12)32(56-38(50)42(7,8)9)29(55-36)23-54-37(49)41(4,5)6/h18-19,21,24,29,32-34,36H,16-17,20,22-23H2,1-15H3,(H,45,46)(H,47,48)/t29-,32-,33+,34-,36+/m1/s1. The third-order valence-corrected chi connectivity index (χ3v) is 9.30. The van der Waals surface area contributed by atoms with Crippen LogP contribution in [0, 0.1) is 28.6 Å². The Balaban J connectivity index is 2.18. The number of carboxylic acids is 1. The lowest BCUT2D eigenvalue weighted by atomic mass is 9.93. The Kier molecular flexibility index (Phi) is 15.8. The Morgan fingerprint density at radius 3 is 1.80 bits per heavy atom. The number of aromatic amines is 1. The van der Waals surface area contributed by atoms with Crippen molar-refractivity contribution >= 4 is 29.8 Å². The first-order valence-corrected chi connectivity index (χ1v) is 20.1. The summed E-state index contributed by atoms with van der Waals surface area (Å²) >= 11 is 0. The molecule has 0 amide bonds. The first-order chi connectivity index (χ1) is 27.0. The Hall–Kier alpha value is -4.66. The molecular weight excluding hydrogens is 764 g/mol. The van der Waals surface area contributed by atoms with Gasteiger partial charge in [-0.1, -0.05) is 19.9 Å². The Morgan fingerprint density at radius 1 is 0.780 bits per heavy atom. The lowest BCUT2D eigenvalue weighted by Crippen LogP contribution is -2.65. The summed E-state index contributed by atoms with van der Waals surface area (Å²) in [5, 5.41) is 16.6. The van der Waals surface area contributed by atoms with Crippen molar-refractivity contribution in [2.45, 2.75) is 160 Å². The normalized spacial score (nSPS) is 20.1. The van der Waals surface area contributed by atoms with E-state index in [9.17, 15) is 24.0 Å². The van der Waals surface area contributed by atoms with E-state index < -0.39 is 88.8 Å². The minimum Gasteiger partial charge on any atom is -0.494 e. The monoisotopic (exact) mass is 830 g/mol. The second-order valence-electron chi connectivity index (χ2n) is 19.6. The first-order valence-electron chi connectivity index (χ1n) is 20.1. The lowest BCUT2D eigenvalue weighted by molar-refractivity contribution is -0.294. The zero-order valence-electron chi connectivity index (χ0n) is 37.5. The maximum atomic E-state index is 13.7. The molecule has 1 aliphatic rings. The molecular formula is C44H66N2O13. The van der Waals surface area contributed by atoms with Gasteiger partial charge in [-0.25, -0.2) is 0 Å². The molecule has 5 atom stereocenters. The van der Waals surface area contributed by atoms with Gasteiger partial charge in [-0.2, -0.15) is 0 Å². The highest BCUT2D eigenvalue weighted by Gasteiger charge is 2.56. The highest BCUT2D eigenvalue weighted by atomic mass is 16.7. The Bertz CT molecular complexity index is 1800. The van der Waals surface area contributed by atoms with Crippen molar-refractivity contribution in [2.75, 3.05) is 13.2 Å². The number of aryl methyl sites for hydroxylation is 1. The number of nitrogens with zero attached hydrogens (tertiary/aromatic N) is 1. The number of nitrogens with one attached hydrogen (secondary N) is 1. The van der Waals surface area contributed by atoms with Crippen molar-refractivity contribution in [1.29, 1.82) is 0 Å². The molecule has 3 rings (SSSR count). The van der Waals surface area contributed by atoms with Gasteiger partial charge in [-0.3, -0.25) is 29.1 Å². The average Bonchev–Trinajstić information content (AvgIpc) is 3.49. The molecule has 0 spiro atoms. The summed E-state index contributed by atoms with van der Waals surface area (Å²) in [5.74, 6) is -2.82. The van der Waals surface area contributed by atoms with E-state index in [1.165, 1.54) is 0 Å². The van der Waals surface area contributed by atoms with E-state index in [1.54, 1.807) is 83.1 Å². The zero-order chi connectivity index (χ0) is 44.8. The minimum absolute atomic E-state index is 0.00455. The number of ether oxygens (including phenoxy) is 7. The van der Waals surface area contributed by atoms with E-state index in [4.69, 9.17) is 38.3 Å². The molecule has 15 heteroatoms. The van der Waals surface area contributed by atoms with Crippen LogP contribution in [0.2, 0.25) is 0 Å². The largest absolute Gasteiger partial charge is 0.494 e. The van der Waals surface area contributed by atoms with E-state index in [-0.39, 0.29) is 24.8 Å². The predicted molar refractivity (Wildman–Crippen MR) is 217 cm³/mol. The van der Waals surface area contributed by atoms with Crippen LogP contribution in [-0.4, -0.2) is 89.1 Å². The van der Waals surface area contributed by atoms with E-state index in [0.717, 1.165) is 16.8 Å².